The molecule has 1 heterocycles. The van der Waals surface area contributed by atoms with Crippen LogP contribution in [0.3, 0.4) is 0 Å². The number of hydrogen-bond donors (Lipinski definition) is 4. The number of ether oxygens (including phenoxy) is 1. The number of fused-ring (bicyclic) bond motifs is 2. The zero-order valence-electron chi connectivity index (χ0n) is 21.0. The van der Waals surface area contributed by atoms with Crippen molar-refractivity contribution in [2.24, 2.45) is 16.7 Å². The van der Waals surface area contributed by atoms with E-state index in [1.165, 1.54) is 11.3 Å². The van der Waals surface area contributed by atoms with Gasteiger partial charge < -0.3 is 20.3 Å². The monoisotopic (exact) mass is 513 g/mol. The normalized spacial score (nSPS) is 31.2. The highest BCUT2D eigenvalue weighted by Gasteiger charge is 2.59. The molecule has 5 rings (SSSR count). The molecule has 8 nitrogen and oxygen atoms in total. The van der Waals surface area contributed by atoms with E-state index >= 15 is 0 Å². The Bertz CT molecular complexity index is 1150. The number of nitrogens with zero attached hydrogens (tertiary/aromatic N) is 1. The fourth-order valence-electron chi connectivity index (χ4n) is 6.31. The maximum absolute atomic E-state index is 13.0. The number of aliphatic hydroxyl groups excluding tert-OH is 2. The van der Waals surface area contributed by atoms with Gasteiger partial charge >= 0.3 is 0 Å². The summed E-state index contributed by atoms with van der Waals surface area (Å²) in [5, 5.41) is 27.8. The molecule has 2 aromatic rings. The van der Waals surface area contributed by atoms with E-state index in [0.717, 1.165) is 29.8 Å². The van der Waals surface area contributed by atoms with Crippen LogP contribution < -0.4 is 15.4 Å². The molecule has 194 valence electrons. The number of carbonyl (C=O) groups is 2. The van der Waals surface area contributed by atoms with Gasteiger partial charge in [-0.1, -0.05) is 13.8 Å². The molecule has 2 saturated carbocycles. The smallest absolute Gasteiger partial charge is 0.257 e. The number of aliphatic hydroxyl groups is 2. The summed E-state index contributed by atoms with van der Waals surface area (Å²) in [6.45, 7) is 4.02. The molecule has 0 saturated heterocycles. The van der Waals surface area contributed by atoms with Crippen molar-refractivity contribution < 1.29 is 24.5 Å². The van der Waals surface area contributed by atoms with E-state index in [9.17, 15) is 19.8 Å². The SMILES string of the molecule is COc1ccc(C(=O)Nc2nc3c(s2)CC2C(C)(CO)C(O)CCC2(C)C3CC(=O)NC2CC2)cc1. The molecule has 3 aliphatic rings. The molecule has 0 aliphatic heterocycles. The van der Waals surface area contributed by atoms with Gasteiger partial charge in [-0.3, -0.25) is 14.9 Å². The number of carbonyl (C=O) groups excluding carboxylic acids is 2. The van der Waals surface area contributed by atoms with E-state index in [-0.39, 0.29) is 41.7 Å². The van der Waals surface area contributed by atoms with Gasteiger partial charge in [0.05, 0.1) is 25.5 Å². The van der Waals surface area contributed by atoms with E-state index in [0.29, 0.717) is 35.7 Å². The van der Waals surface area contributed by atoms with Crippen molar-refractivity contribution in [3.63, 3.8) is 0 Å². The third-order valence-corrected chi connectivity index (χ3v) is 9.81. The number of benzene rings is 1. The van der Waals surface area contributed by atoms with Crippen molar-refractivity contribution in [1.82, 2.24) is 10.3 Å². The molecular formula is C27H35N3O5S. The quantitative estimate of drug-likeness (QED) is 0.450. The van der Waals surface area contributed by atoms with Crippen molar-refractivity contribution in [2.45, 2.75) is 70.4 Å². The molecule has 3 aliphatic carbocycles. The first-order chi connectivity index (χ1) is 17.2. The van der Waals surface area contributed by atoms with Gasteiger partial charge in [-0.2, -0.15) is 0 Å². The van der Waals surface area contributed by atoms with Gasteiger partial charge in [0.25, 0.3) is 5.91 Å². The fourth-order valence-corrected chi connectivity index (χ4v) is 7.37. The Morgan fingerprint density at radius 1 is 1.19 bits per heavy atom. The zero-order chi connectivity index (χ0) is 25.7. The van der Waals surface area contributed by atoms with Crippen LogP contribution in [0.5, 0.6) is 5.75 Å². The molecule has 0 bridgehead atoms. The Balaban J connectivity index is 1.47. The number of thiazole rings is 1. The van der Waals surface area contributed by atoms with Gasteiger partial charge in [0, 0.05) is 34.2 Å². The lowest BCUT2D eigenvalue weighted by atomic mass is 9.47. The number of anilines is 1. The first-order valence-corrected chi connectivity index (χ1v) is 13.5. The Kier molecular flexibility index (Phi) is 6.59. The fraction of sp³-hybridized carbons (Fsp3) is 0.593. The molecule has 0 radical (unpaired) electrons. The molecule has 5 atom stereocenters. The summed E-state index contributed by atoms with van der Waals surface area (Å²) in [4.78, 5) is 31.8. The van der Waals surface area contributed by atoms with Crippen LogP contribution in [0.4, 0.5) is 5.13 Å². The number of amides is 2. The molecule has 36 heavy (non-hydrogen) atoms. The number of methoxy groups -OCH3 is 1. The van der Waals surface area contributed by atoms with Crippen LogP contribution in [0.1, 0.15) is 72.8 Å². The summed E-state index contributed by atoms with van der Waals surface area (Å²) in [5.74, 6) is 0.255. The number of hydrogen-bond acceptors (Lipinski definition) is 7. The summed E-state index contributed by atoms with van der Waals surface area (Å²) < 4.78 is 5.17. The summed E-state index contributed by atoms with van der Waals surface area (Å²) in [6.07, 6.45) is 3.72. The highest BCUT2D eigenvalue weighted by atomic mass is 32.1. The summed E-state index contributed by atoms with van der Waals surface area (Å²) in [5.41, 5.74) is 0.384. The van der Waals surface area contributed by atoms with E-state index < -0.39 is 11.5 Å². The molecule has 0 spiro atoms. The number of aromatic nitrogens is 1. The molecule has 1 aromatic carbocycles. The Morgan fingerprint density at radius 2 is 1.92 bits per heavy atom. The van der Waals surface area contributed by atoms with E-state index in [2.05, 4.69) is 17.6 Å². The largest absolute Gasteiger partial charge is 0.497 e. The lowest BCUT2D eigenvalue weighted by Crippen LogP contribution is -2.57. The first kappa shape index (κ1) is 25.2. The van der Waals surface area contributed by atoms with Crippen molar-refractivity contribution in [2.75, 3.05) is 19.0 Å². The summed E-state index contributed by atoms with van der Waals surface area (Å²) in [6, 6.07) is 7.16. The average Bonchev–Trinajstić information content (AvgIpc) is 3.59. The minimum absolute atomic E-state index is 0.0176. The lowest BCUT2D eigenvalue weighted by molar-refractivity contribution is -0.144. The van der Waals surface area contributed by atoms with Gasteiger partial charge in [-0.25, -0.2) is 4.98 Å². The molecule has 4 N–H and O–H groups in total. The standard InChI is InChI=1S/C27H35N3O5S/c1-26-11-10-21(32)27(2,14-31)20(26)13-19-23(18(26)12-22(33)28-16-6-7-16)29-25(36-19)30-24(34)15-4-8-17(35-3)9-5-15/h4-5,8-9,16,18,20-21,31-32H,6-7,10-14H2,1-3H3,(H,28,33)(H,29,30,34). The maximum atomic E-state index is 13.0. The van der Waals surface area contributed by atoms with Crippen molar-refractivity contribution in [1.29, 1.82) is 0 Å². The van der Waals surface area contributed by atoms with Crippen LogP contribution in [0.25, 0.3) is 0 Å². The second kappa shape index (κ2) is 9.43. The predicted octanol–water partition coefficient (Wildman–Crippen LogP) is 3.49. The van der Waals surface area contributed by atoms with Gasteiger partial charge in [0.1, 0.15) is 5.75 Å². The van der Waals surface area contributed by atoms with E-state index in [1.54, 1.807) is 31.4 Å². The van der Waals surface area contributed by atoms with Gasteiger partial charge in [0.15, 0.2) is 5.13 Å². The van der Waals surface area contributed by atoms with Crippen molar-refractivity contribution >= 4 is 28.3 Å². The minimum Gasteiger partial charge on any atom is -0.497 e. The topological polar surface area (TPSA) is 121 Å². The van der Waals surface area contributed by atoms with Crippen LogP contribution >= 0.6 is 11.3 Å². The van der Waals surface area contributed by atoms with Gasteiger partial charge in [-0.15, -0.1) is 11.3 Å². The number of nitrogens with one attached hydrogen (secondary N) is 2. The lowest BCUT2D eigenvalue weighted by Gasteiger charge is -2.58. The molecule has 2 fully saturated rings. The highest BCUT2D eigenvalue weighted by molar-refractivity contribution is 7.15. The number of rotatable bonds is 7. The Morgan fingerprint density at radius 3 is 2.56 bits per heavy atom. The van der Waals surface area contributed by atoms with Gasteiger partial charge in [0.2, 0.25) is 5.91 Å². The minimum atomic E-state index is -0.674. The second-order valence-corrected chi connectivity index (χ2v) is 12.2. The third kappa shape index (κ3) is 4.41. The molecule has 2 amide bonds. The maximum Gasteiger partial charge on any atom is 0.257 e. The first-order valence-electron chi connectivity index (χ1n) is 12.7. The van der Waals surface area contributed by atoms with Crippen LogP contribution in [0.15, 0.2) is 24.3 Å². The third-order valence-electron chi connectivity index (χ3n) is 8.80. The van der Waals surface area contributed by atoms with E-state index in [4.69, 9.17) is 9.72 Å². The molecule has 5 unspecified atom stereocenters. The van der Waals surface area contributed by atoms with Crippen molar-refractivity contribution in [3.05, 3.63) is 40.4 Å². The van der Waals surface area contributed by atoms with Gasteiger partial charge in [-0.05, 0) is 67.7 Å². The molecule has 1 aromatic heterocycles. The van der Waals surface area contributed by atoms with E-state index in [1.807, 2.05) is 6.92 Å². The zero-order valence-corrected chi connectivity index (χ0v) is 21.9. The molecular weight excluding hydrogens is 478 g/mol. The highest BCUT2D eigenvalue weighted by Crippen LogP contribution is 2.62. The van der Waals surface area contributed by atoms with Crippen LogP contribution in [-0.4, -0.2) is 52.9 Å². The molecule has 9 heteroatoms. The average molecular weight is 514 g/mol. The summed E-state index contributed by atoms with van der Waals surface area (Å²) >= 11 is 1.43. The summed E-state index contributed by atoms with van der Waals surface area (Å²) in [7, 11) is 1.58. The van der Waals surface area contributed by atoms with Crippen LogP contribution in [-0.2, 0) is 11.2 Å². The second-order valence-electron chi connectivity index (χ2n) is 11.1. The Hall–Kier alpha value is -2.49. The predicted molar refractivity (Wildman–Crippen MR) is 137 cm³/mol. The van der Waals surface area contributed by atoms with Crippen LogP contribution in [0, 0.1) is 16.7 Å². The van der Waals surface area contributed by atoms with Crippen molar-refractivity contribution in [3.8, 4) is 5.75 Å². The van der Waals surface area contributed by atoms with Crippen LogP contribution in [0.2, 0.25) is 0 Å². The Labute approximate surface area is 215 Å².